The molecule has 0 bridgehead atoms. The predicted molar refractivity (Wildman–Crippen MR) is 158 cm³/mol. The summed E-state index contributed by atoms with van der Waals surface area (Å²) in [6.45, 7) is -0.490. The minimum Gasteiger partial charge on any atom is -0.493 e. The van der Waals surface area contributed by atoms with Crippen LogP contribution in [-0.2, 0) is 17.5 Å². The molecule has 1 aromatic heterocycles. The monoisotopic (exact) mass is 657 g/mol. The first-order valence-electron chi connectivity index (χ1n) is 14.4. The Balaban J connectivity index is 1.46. The minimum atomic E-state index is -4.81. The Labute approximate surface area is 266 Å². The molecule has 3 aromatic rings. The molecule has 2 aliphatic rings. The van der Waals surface area contributed by atoms with E-state index in [0.717, 1.165) is 30.1 Å². The van der Waals surface area contributed by atoms with Gasteiger partial charge in [0, 0.05) is 51.2 Å². The second-order valence-corrected chi connectivity index (χ2v) is 11.0. The molecule has 1 unspecified atom stereocenters. The average Bonchev–Trinajstić information content (AvgIpc) is 3.49. The van der Waals surface area contributed by atoms with Crippen molar-refractivity contribution in [1.29, 1.82) is 0 Å². The number of benzene rings is 2. The Kier molecular flexibility index (Phi) is 9.21. The number of rotatable bonds is 7. The normalized spacial score (nSPS) is 17.9. The first-order valence-corrected chi connectivity index (χ1v) is 14.4. The van der Waals surface area contributed by atoms with Gasteiger partial charge in [-0.05, 0) is 24.1 Å². The number of piperazine rings is 1. The van der Waals surface area contributed by atoms with Crippen LogP contribution < -0.4 is 9.47 Å². The van der Waals surface area contributed by atoms with Gasteiger partial charge < -0.3 is 24.0 Å². The van der Waals surface area contributed by atoms with Gasteiger partial charge in [-0.2, -0.15) is 13.2 Å². The van der Waals surface area contributed by atoms with Gasteiger partial charge in [-0.1, -0.05) is 30.3 Å². The highest BCUT2D eigenvalue weighted by atomic mass is 19.4. The highest BCUT2D eigenvalue weighted by Gasteiger charge is 2.52. The molecular weight excluding hydrogens is 627 g/mol. The summed E-state index contributed by atoms with van der Waals surface area (Å²) in [5.41, 5.74) is -2.90. The lowest BCUT2D eigenvalue weighted by molar-refractivity contribution is -0.385. The Morgan fingerprint density at radius 3 is 2.32 bits per heavy atom. The fourth-order valence-corrected chi connectivity index (χ4v) is 5.98. The zero-order valence-corrected chi connectivity index (χ0v) is 25.4. The summed E-state index contributed by atoms with van der Waals surface area (Å²) in [4.78, 5) is 59.6. The molecule has 0 saturated carbocycles. The number of nitrogens with zero attached hydrogens (tertiary/aromatic N) is 5. The maximum absolute atomic E-state index is 13.8. The van der Waals surface area contributed by atoms with Crippen LogP contribution in [0.2, 0.25) is 0 Å². The third kappa shape index (κ3) is 6.62. The van der Waals surface area contributed by atoms with Crippen molar-refractivity contribution in [3.8, 4) is 11.5 Å². The Morgan fingerprint density at radius 1 is 0.979 bits per heavy atom. The van der Waals surface area contributed by atoms with Crippen molar-refractivity contribution >= 4 is 23.6 Å². The molecule has 1 spiro atoms. The molecule has 47 heavy (non-hydrogen) atoms. The summed E-state index contributed by atoms with van der Waals surface area (Å²) in [6.07, 6.45) is -3.64. The van der Waals surface area contributed by atoms with Crippen LogP contribution in [0.1, 0.15) is 38.3 Å². The molecule has 5 rings (SSSR count). The largest absolute Gasteiger partial charge is 0.493 e. The van der Waals surface area contributed by atoms with Crippen molar-refractivity contribution in [2.45, 2.75) is 24.7 Å². The molecule has 248 valence electrons. The van der Waals surface area contributed by atoms with E-state index in [2.05, 4.69) is 4.98 Å². The fraction of sp³-hybridized carbons (Fsp3) is 0.355. The summed E-state index contributed by atoms with van der Waals surface area (Å²) in [7, 11) is 2.49. The molecule has 0 radical (unpaired) electrons. The molecular formula is C31H30F3N5O8. The summed E-state index contributed by atoms with van der Waals surface area (Å²) in [6, 6.07) is 12.0. The molecule has 2 aromatic carbocycles. The summed E-state index contributed by atoms with van der Waals surface area (Å²) in [5, 5.41) is 11.8. The molecule has 16 heteroatoms. The van der Waals surface area contributed by atoms with E-state index >= 15 is 0 Å². The highest BCUT2D eigenvalue weighted by molar-refractivity contribution is 5.97. The Morgan fingerprint density at radius 2 is 1.68 bits per heavy atom. The first-order chi connectivity index (χ1) is 22.4. The Hall–Kier alpha value is -5.41. The number of nitro benzene ring substituents is 1. The van der Waals surface area contributed by atoms with Gasteiger partial charge in [0.15, 0.2) is 5.75 Å². The second-order valence-electron chi connectivity index (χ2n) is 11.0. The van der Waals surface area contributed by atoms with Crippen LogP contribution in [0.4, 0.5) is 23.7 Å². The van der Waals surface area contributed by atoms with E-state index in [1.54, 1.807) is 30.3 Å². The maximum atomic E-state index is 13.8. The maximum Gasteiger partial charge on any atom is 0.417 e. The number of methoxy groups -OCH3 is 2. The number of hydrogen-bond donors (Lipinski definition) is 0. The lowest BCUT2D eigenvalue weighted by Crippen LogP contribution is -2.66. The van der Waals surface area contributed by atoms with Gasteiger partial charge in [0.25, 0.3) is 11.8 Å². The van der Waals surface area contributed by atoms with Crippen molar-refractivity contribution in [1.82, 2.24) is 19.7 Å². The van der Waals surface area contributed by atoms with Crippen molar-refractivity contribution in [3.05, 3.63) is 93.3 Å². The topological polar surface area (TPSA) is 145 Å². The molecule has 0 aliphatic carbocycles. The number of carbonyl (C=O) groups excluding carboxylic acids is 3. The molecule has 2 aliphatic heterocycles. The van der Waals surface area contributed by atoms with Crippen LogP contribution in [0.15, 0.2) is 60.9 Å². The molecule has 2 saturated heterocycles. The van der Waals surface area contributed by atoms with Crippen molar-refractivity contribution in [3.63, 3.8) is 0 Å². The van der Waals surface area contributed by atoms with E-state index in [9.17, 15) is 37.7 Å². The number of aromatic nitrogens is 1. The van der Waals surface area contributed by atoms with Crippen LogP contribution in [0.3, 0.4) is 0 Å². The number of likely N-dealkylation sites (tertiary alicyclic amines) is 1. The molecule has 13 nitrogen and oxygen atoms in total. The minimum absolute atomic E-state index is 0.00205. The lowest BCUT2D eigenvalue weighted by atomic mass is 9.92. The predicted octanol–water partition coefficient (Wildman–Crippen LogP) is 4.41. The van der Waals surface area contributed by atoms with E-state index in [-0.39, 0.29) is 62.8 Å². The third-order valence-corrected chi connectivity index (χ3v) is 8.24. The van der Waals surface area contributed by atoms with Gasteiger partial charge >= 0.3 is 18.0 Å². The van der Waals surface area contributed by atoms with Crippen LogP contribution in [0, 0.1) is 10.1 Å². The first kappa shape index (κ1) is 33.0. The van der Waals surface area contributed by atoms with Gasteiger partial charge in [-0.25, -0.2) is 4.79 Å². The third-order valence-electron chi connectivity index (χ3n) is 8.24. The Bertz CT molecular complexity index is 1690. The lowest BCUT2D eigenvalue weighted by Gasteiger charge is -2.48. The van der Waals surface area contributed by atoms with Crippen LogP contribution in [0.5, 0.6) is 11.5 Å². The van der Waals surface area contributed by atoms with Gasteiger partial charge in [-0.3, -0.25) is 29.6 Å². The summed E-state index contributed by atoms with van der Waals surface area (Å²) < 4.78 is 57.2. The van der Waals surface area contributed by atoms with E-state index < -0.39 is 51.4 Å². The number of pyridine rings is 1. The molecule has 0 N–H and O–H groups in total. The van der Waals surface area contributed by atoms with Gasteiger partial charge in [0.1, 0.15) is 6.61 Å². The summed E-state index contributed by atoms with van der Waals surface area (Å²) in [5.74, 6) is -1.77. The van der Waals surface area contributed by atoms with E-state index in [0.29, 0.717) is 0 Å². The highest BCUT2D eigenvalue weighted by Crippen LogP contribution is 2.40. The number of amides is 3. The van der Waals surface area contributed by atoms with Crippen molar-refractivity contribution < 1.29 is 46.7 Å². The van der Waals surface area contributed by atoms with E-state index in [4.69, 9.17) is 14.2 Å². The second kappa shape index (κ2) is 13.1. The smallest absolute Gasteiger partial charge is 0.417 e. The number of carbonyl (C=O) groups is 3. The zero-order valence-electron chi connectivity index (χ0n) is 25.4. The molecule has 1 atom stereocenters. The molecule has 3 amide bonds. The standard InChI is InChI=1S/C31H30F3N5O8/c1-45-25-15-21(14-24(39(43)44)26(25)46-2)27(40)37-12-13-38(29(42)47-17-20-6-4-3-5-7-20)30(19-37)9-11-36(18-30)28(41)22-16-35-10-8-23(22)31(32,33)34/h3-8,10,14-16H,9,11-13,17-19H2,1-2H3. The molecule has 2 fully saturated rings. The van der Waals surface area contributed by atoms with Gasteiger partial charge in [0.2, 0.25) is 5.75 Å². The van der Waals surface area contributed by atoms with Gasteiger partial charge in [0.05, 0.1) is 41.4 Å². The van der Waals surface area contributed by atoms with Crippen LogP contribution in [-0.4, -0.2) is 95.0 Å². The number of hydrogen-bond acceptors (Lipinski definition) is 9. The van der Waals surface area contributed by atoms with Crippen molar-refractivity contribution in [2.24, 2.45) is 0 Å². The quantitative estimate of drug-likeness (QED) is 0.267. The van der Waals surface area contributed by atoms with Crippen LogP contribution >= 0.6 is 0 Å². The van der Waals surface area contributed by atoms with Crippen LogP contribution in [0.25, 0.3) is 0 Å². The number of halogens is 3. The van der Waals surface area contributed by atoms with E-state index in [1.165, 1.54) is 35.0 Å². The summed E-state index contributed by atoms with van der Waals surface area (Å²) >= 11 is 0. The fourth-order valence-electron chi connectivity index (χ4n) is 5.98. The number of alkyl halides is 3. The SMILES string of the molecule is COc1cc(C(=O)N2CCN(C(=O)OCc3ccccc3)C3(CCN(C(=O)c4cnccc4C(F)(F)F)C3)C2)cc([N+](=O)[O-])c1OC. The average molecular weight is 658 g/mol. The van der Waals surface area contributed by atoms with Crippen molar-refractivity contribution in [2.75, 3.05) is 46.9 Å². The zero-order chi connectivity index (χ0) is 33.9. The van der Waals surface area contributed by atoms with E-state index in [1.807, 2.05) is 0 Å². The number of nitro groups is 1. The van der Waals surface area contributed by atoms with Gasteiger partial charge in [-0.15, -0.1) is 0 Å². The number of ether oxygens (including phenoxy) is 3. The molecule has 3 heterocycles.